The number of rotatable bonds is 1. The SMILES string of the molecule is NC(=O)CC#Cc1ccc(O)cc1N. The molecular formula is C10H10N2O2. The van der Waals surface area contributed by atoms with E-state index in [1.54, 1.807) is 6.07 Å². The van der Waals surface area contributed by atoms with Crippen molar-refractivity contribution in [1.82, 2.24) is 0 Å². The normalized spacial score (nSPS) is 8.86. The zero-order valence-corrected chi connectivity index (χ0v) is 7.45. The maximum Gasteiger partial charge on any atom is 0.229 e. The molecule has 0 radical (unpaired) electrons. The molecule has 4 heteroatoms. The van der Waals surface area contributed by atoms with Crippen LogP contribution < -0.4 is 11.5 Å². The van der Waals surface area contributed by atoms with Gasteiger partial charge in [0.1, 0.15) is 5.75 Å². The number of carbonyl (C=O) groups is 1. The summed E-state index contributed by atoms with van der Waals surface area (Å²) in [6.07, 6.45) is 0.000314. The van der Waals surface area contributed by atoms with E-state index in [0.717, 1.165) is 0 Å². The molecule has 1 aromatic rings. The van der Waals surface area contributed by atoms with Crippen molar-refractivity contribution in [2.75, 3.05) is 5.73 Å². The zero-order valence-electron chi connectivity index (χ0n) is 7.45. The highest BCUT2D eigenvalue weighted by molar-refractivity contribution is 5.76. The lowest BCUT2D eigenvalue weighted by atomic mass is 10.1. The fourth-order valence-electron chi connectivity index (χ4n) is 0.890. The number of nitrogens with two attached hydrogens (primary N) is 2. The first-order valence-corrected chi connectivity index (χ1v) is 3.95. The van der Waals surface area contributed by atoms with Crippen LogP contribution in [0.4, 0.5) is 5.69 Å². The fraction of sp³-hybridized carbons (Fsp3) is 0.100. The largest absolute Gasteiger partial charge is 0.508 e. The summed E-state index contributed by atoms with van der Waals surface area (Å²) in [5, 5.41) is 9.05. The second-order valence-corrected chi connectivity index (χ2v) is 2.72. The third-order valence-electron chi connectivity index (χ3n) is 1.52. The molecule has 14 heavy (non-hydrogen) atoms. The molecule has 1 aromatic carbocycles. The maximum atomic E-state index is 10.4. The number of nitrogen functional groups attached to an aromatic ring is 1. The van der Waals surface area contributed by atoms with Gasteiger partial charge in [-0.25, -0.2) is 0 Å². The highest BCUT2D eigenvalue weighted by Crippen LogP contribution is 2.17. The van der Waals surface area contributed by atoms with Gasteiger partial charge >= 0.3 is 0 Å². The molecule has 72 valence electrons. The molecule has 0 aliphatic carbocycles. The number of hydrogen-bond acceptors (Lipinski definition) is 3. The van der Waals surface area contributed by atoms with Gasteiger partial charge in [-0.1, -0.05) is 11.8 Å². The van der Waals surface area contributed by atoms with Crippen LogP contribution in [-0.2, 0) is 4.79 Å². The molecule has 0 saturated heterocycles. The Hall–Kier alpha value is -2.15. The predicted molar refractivity (Wildman–Crippen MR) is 53.2 cm³/mol. The summed E-state index contributed by atoms with van der Waals surface area (Å²) < 4.78 is 0. The van der Waals surface area contributed by atoms with Gasteiger partial charge < -0.3 is 16.6 Å². The number of amides is 1. The van der Waals surface area contributed by atoms with Crippen molar-refractivity contribution in [3.63, 3.8) is 0 Å². The number of hydrogen-bond donors (Lipinski definition) is 3. The molecule has 0 spiro atoms. The Kier molecular flexibility index (Phi) is 2.97. The van der Waals surface area contributed by atoms with Gasteiger partial charge in [-0.2, -0.15) is 0 Å². The van der Waals surface area contributed by atoms with Crippen molar-refractivity contribution >= 4 is 11.6 Å². The number of anilines is 1. The lowest BCUT2D eigenvalue weighted by molar-refractivity contribution is -0.117. The molecule has 4 nitrogen and oxygen atoms in total. The maximum absolute atomic E-state index is 10.4. The van der Waals surface area contributed by atoms with Gasteiger partial charge in [-0.05, 0) is 12.1 Å². The first-order chi connectivity index (χ1) is 6.59. The molecule has 0 unspecified atom stereocenters. The van der Waals surface area contributed by atoms with Crippen LogP contribution >= 0.6 is 0 Å². The number of phenols is 1. The third kappa shape index (κ3) is 2.72. The molecule has 5 N–H and O–H groups in total. The van der Waals surface area contributed by atoms with Crippen LogP contribution in [0.2, 0.25) is 0 Å². The van der Waals surface area contributed by atoms with E-state index in [9.17, 15) is 4.79 Å². The molecule has 0 aromatic heterocycles. The Bertz CT molecular complexity index is 416. The zero-order chi connectivity index (χ0) is 10.6. The van der Waals surface area contributed by atoms with Gasteiger partial charge in [0.15, 0.2) is 0 Å². The average molecular weight is 190 g/mol. The van der Waals surface area contributed by atoms with E-state index in [1.165, 1.54) is 12.1 Å². The van der Waals surface area contributed by atoms with Gasteiger partial charge in [0.05, 0.1) is 12.1 Å². The van der Waals surface area contributed by atoms with Gasteiger partial charge in [0.25, 0.3) is 0 Å². The lowest BCUT2D eigenvalue weighted by Crippen LogP contribution is -2.08. The molecule has 0 bridgehead atoms. The van der Waals surface area contributed by atoms with Gasteiger partial charge in [-0.3, -0.25) is 4.79 Å². The minimum atomic E-state index is -0.477. The van der Waals surface area contributed by atoms with Crippen LogP contribution in [0.3, 0.4) is 0 Å². The second kappa shape index (κ2) is 4.19. The van der Waals surface area contributed by atoms with Crippen LogP contribution in [0.1, 0.15) is 12.0 Å². The molecule has 0 fully saturated rings. The minimum absolute atomic E-state index is 0.000314. The molecular weight excluding hydrogens is 180 g/mol. The number of benzene rings is 1. The van der Waals surface area contributed by atoms with Crippen LogP contribution in [-0.4, -0.2) is 11.0 Å². The molecule has 0 aliphatic rings. The average Bonchev–Trinajstić information content (AvgIpc) is 2.08. The summed E-state index contributed by atoms with van der Waals surface area (Å²) in [5.41, 5.74) is 11.4. The molecule has 0 atom stereocenters. The highest BCUT2D eigenvalue weighted by Gasteiger charge is 1.96. The summed E-state index contributed by atoms with van der Waals surface area (Å²) in [5.74, 6) is 4.87. The van der Waals surface area contributed by atoms with Crippen LogP contribution in [0.15, 0.2) is 18.2 Å². The smallest absolute Gasteiger partial charge is 0.229 e. The number of phenolic OH excluding ortho intramolecular Hbond substituents is 1. The van der Waals surface area contributed by atoms with Crippen molar-refractivity contribution in [1.29, 1.82) is 0 Å². The summed E-state index contributed by atoms with van der Waals surface area (Å²) in [7, 11) is 0. The molecule has 0 saturated carbocycles. The van der Waals surface area contributed by atoms with Gasteiger partial charge in [-0.15, -0.1) is 0 Å². The van der Waals surface area contributed by atoms with Crippen LogP contribution in [0.5, 0.6) is 5.75 Å². The summed E-state index contributed by atoms with van der Waals surface area (Å²) in [6, 6.07) is 4.46. The standard InChI is InChI=1S/C10H10N2O2/c11-9-6-8(13)5-4-7(9)2-1-3-10(12)14/h4-6,13H,3,11H2,(H2,12,14). The van der Waals surface area contributed by atoms with E-state index in [4.69, 9.17) is 16.6 Å². The highest BCUT2D eigenvalue weighted by atomic mass is 16.3. The monoisotopic (exact) mass is 190 g/mol. The van der Waals surface area contributed by atoms with E-state index in [0.29, 0.717) is 11.3 Å². The van der Waals surface area contributed by atoms with Crippen molar-refractivity contribution in [2.45, 2.75) is 6.42 Å². The van der Waals surface area contributed by atoms with E-state index >= 15 is 0 Å². The van der Waals surface area contributed by atoms with E-state index in [-0.39, 0.29) is 12.2 Å². The summed E-state index contributed by atoms with van der Waals surface area (Å²) in [4.78, 5) is 10.4. The topological polar surface area (TPSA) is 89.3 Å². The molecule has 1 rings (SSSR count). The van der Waals surface area contributed by atoms with Crippen LogP contribution in [0, 0.1) is 11.8 Å². The fourth-order valence-corrected chi connectivity index (χ4v) is 0.890. The summed E-state index contributed by atoms with van der Waals surface area (Å²) in [6.45, 7) is 0. The minimum Gasteiger partial charge on any atom is -0.508 e. The Morgan fingerprint density at radius 2 is 2.21 bits per heavy atom. The van der Waals surface area contributed by atoms with Crippen LogP contribution in [0.25, 0.3) is 0 Å². The van der Waals surface area contributed by atoms with Gasteiger partial charge in [0, 0.05) is 11.6 Å². The van der Waals surface area contributed by atoms with E-state index in [1.807, 2.05) is 0 Å². The predicted octanol–water partition coefficient (Wildman–Crippen LogP) is 0.201. The van der Waals surface area contributed by atoms with Crippen molar-refractivity contribution in [3.8, 4) is 17.6 Å². The van der Waals surface area contributed by atoms with Crippen molar-refractivity contribution < 1.29 is 9.90 Å². The van der Waals surface area contributed by atoms with Gasteiger partial charge in [0.2, 0.25) is 5.91 Å². The first-order valence-electron chi connectivity index (χ1n) is 3.95. The van der Waals surface area contributed by atoms with E-state index < -0.39 is 5.91 Å². The summed E-state index contributed by atoms with van der Waals surface area (Å²) >= 11 is 0. The molecule has 1 amide bonds. The Morgan fingerprint density at radius 3 is 2.79 bits per heavy atom. The quantitative estimate of drug-likeness (QED) is 0.436. The number of carbonyl (C=O) groups excluding carboxylic acids is 1. The lowest BCUT2D eigenvalue weighted by Gasteiger charge is -1.97. The van der Waals surface area contributed by atoms with E-state index in [2.05, 4.69) is 11.8 Å². The van der Waals surface area contributed by atoms with Crippen molar-refractivity contribution in [3.05, 3.63) is 23.8 Å². The molecule has 0 heterocycles. The third-order valence-corrected chi connectivity index (χ3v) is 1.52. The molecule has 0 aliphatic heterocycles. The Labute approximate surface area is 81.5 Å². The van der Waals surface area contributed by atoms with Crippen molar-refractivity contribution in [2.24, 2.45) is 5.73 Å². The second-order valence-electron chi connectivity index (χ2n) is 2.72. The number of primary amides is 1. The first kappa shape index (κ1) is 9.93. The number of aromatic hydroxyl groups is 1. The Balaban J connectivity index is 2.85. The Morgan fingerprint density at radius 1 is 1.50 bits per heavy atom.